The van der Waals surface area contributed by atoms with Crippen LogP contribution in [0.25, 0.3) is 22.2 Å². The van der Waals surface area contributed by atoms with Gasteiger partial charge in [-0.25, -0.2) is 0 Å². The second-order valence-corrected chi connectivity index (χ2v) is 4.28. The highest BCUT2D eigenvalue weighted by molar-refractivity contribution is 6.33. The van der Waals surface area contributed by atoms with Crippen LogP contribution in [0.15, 0.2) is 48.5 Å². The summed E-state index contributed by atoms with van der Waals surface area (Å²) in [6.07, 6.45) is 0. The molecule has 0 aliphatic rings. The van der Waals surface area contributed by atoms with E-state index in [4.69, 9.17) is 11.6 Å². The zero-order valence-corrected chi connectivity index (χ0v) is 9.70. The predicted molar refractivity (Wildman–Crippen MR) is 70.4 cm³/mol. The van der Waals surface area contributed by atoms with Crippen LogP contribution in [-0.4, -0.2) is 10.1 Å². The number of rotatable bonds is 1. The first-order valence-electron chi connectivity index (χ1n) is 5.32. The Kier molecular flexibility index (Phi) is 2.30. The zero-order chi connectivity index (χ0) is 11.8. The third-order valence-electron chi connectivity index (χ3n) is 2.82. The van der Waals surface area contributed by atoms with Crippen LogP contribution >= 0.6 is 11.6 Å². The molecule has 3 rings (SSSR count). The van der Waals surface area contributed by atoms with Gasteiger partial charge in [0, 0.05) is 16.5 Å². The first kappa shape index (κ1) is 10.2. The molecule has 84 valence electrons. The number of hydrogen-bond acceptors (Lipinski definition) is 1. The minimum Gasteiger partial charge on any atom is -0.505 e. The molecule has 0 unspecified atom stereocenters. The molecule has 0 amide bonds. The molecule has 0 saturated carbocycles. The quantitative estimate of drug-likeness (QED) is 0.660. The van der Waals surface area contributed by atoms with E-state index in [1.54, 1.807) is 0 Å². The van der Waals surface area contributed by atoms with E-state index in [1.165, 1.54) is 0 Å². The summed E-state index contributed by atoms with van der Waals surface area (Å²) in [5.74, 6) is 0.244. The number of aromatic amines is 1. The number of halogens is 1. The van der Waals surface area contributed by atoms with E-state index >= 15 is 0 Å². The van der Waals surface area contributed by atoms with Crippen LogP contribution < -0.4 is 0 Å². The van der Waals surface area contributed by atoms with Gasteiger partial charge >= 0.3 is 0 Å². The van der Waals surface area contributed by atoms with Crippen molar-refractivity contribution in [3.8, 4) is 17.0 Å². The lowest BCUT2D eigenvalue weighted by molar-refractivity contribution is 0.483. The summed E-state index contributed by atoms with van der Waals surface area (Å²) in [5.41, 5.74) is 2.37. The Morgan fingerprint density at radius 1 is 0.941 bits per heavy atom. The number of nitrogens with one attached hydrogen (secondary N) is 1. The highest BCUT2D eigenvalue weighted by Gasteiger charge is 2.13. The van der Waals surface area contributed by atoms with E-state index in [-0.39, 0.29) is 5.75 Å². The first-order valence-corrected chi connectivity index (χ1v) is 5.70. The Labute approximate surface area is 103 Å². The van der Waals surface area contributed by atoms with Gasteiger partial charge < -0.3 is 10.1 Å². The summed E-state index contributed by atoms with van der Waals surface area (Å²) in [6.45, 7) is 0. The van der Waals surface area contributed by atoms with Crippen LogP contribution in [0.5, 0.6) is 5.75 Å². The number of aromatic nitrogens is 1. The molecule has 0 fully saturated rings. The molecule has 2 aromatic carbocycles. The molecular formula is C14H10ClNO. The second-order valence-electron chi connectivity index (χ2n) is 3.87. The Bertz CT molecular complexity index is 688. The molecule has 0 atom stereocenters. The molecule has 2 nitrogen and oxygen atoms in total. The van der Waals surface area contributed by atoms with Gasteiger partial charge in [-0.1, -0.05) is 41.9 Å². The molecule has 0 saturated heterocycles. The molecule has 1 heterocycles. The first-order chi connectivity index (χ1) is 8.27. The van der Waals surface area contributed by atoms with Crippen molar-refractivity contribution < 1.29 is 5.11 Å². The summed E-state index contributed by atoms with van der Waals surface area (Å²) >= 11 is 6.13. The topological polar surface area (TPSA) is 36.0 Å². The van der Waals surface area contributed by atoms with Gasteiger partial charge in [-0.2, -0.15) is 0 Å². The average molecular weight is 244 g/mol. The molecule has 3 aromatic rings. The van der Waals surface area contributed by atoms with Crippen LogP contribution in [-0.2, 0) is 0 Å². The van der Waals surface area contributed by atoms with Gasteiger partial charge in [-0.3, -0.25) is 0 Å². The minimum absolute atomic E-state index is 0.244. The standard InChI is InChI=1S/C14H10ClNO/c15-11-7-3-1-5-9(11)13-14(17)10-6-2-4-8-12(10)16-13/h1-8,16-17H. The molecule has 17 heavy (non-hydrogen) atoms. The third-order valence-corrected chi connectivity index (χ3v) is 3.15. The van der Waals surface area contributed by atoms with Gasteiger partial charge in [-0.15, -0.1) is 0 Å². The van der Waals surface area contributed by atoms with Gasteiger partial charge in [0.05, 0.1) is 10.7 Å². The van der Waals surface area contributed by atoms with Crippen molar-refractivity contribution in [2.24, 2.45) is 0 Å². The lowest BCUT2D eigenvalue weighted by Crippen LogP contribution is -1.79. The number of hydrogen-bond donors (Lipinski definition) is 2. The highest BCUT2D eigenvalue weighted by Crippen LogP contribution is 2.38. The average Bonchev–Trinajstić information content (AvgIpc) is 2.68. The van der Waals surface area contributed by atoms with E-state index in [1.807, 2.05) is 48.5 Å². The maximum absolute atomic E-state index is 10.2. The molecule has 0 aliphatic carbocycles. The fraction of sp³-hybridized carbons (Fsp3) is 0. The van der Waals surface area contributed by atoms with E-state index in [0.717, 1.165) is 16.5 Å². The second kappa shape index (κ2) is 3.82. The van der Waals surface area contributed by atoms with Gasteiger partial charge in [0.1, 0.15) is 5.75 Å². The fourth-order valence-electron chi connectivity index (χ4n) is 1.99. The summed E-state index contributed by atoms with van der Waals surface area (Å²) < 4.78 is 0. The van der Waals surface area contributed by atoms with Crippen molar-refractivity contribution >= 4 is 22.5 Å². The SMILES string of the molecule is Oc1c(-c2ccccc2Cl)[nH]c2ccccc12. The van der Waals surface area contributed by atoms with Crippen LogP contribution in [0.2, 0.25) is 5.02 Å². The lowest BCUT2D eigenvalue weighted by atomic mass is 10.1. The third kappa shape index (κ3) is 1.58. The van der Waals surface area contributed by atoms with E-state index in [9.17, 15) is 5.11 Å². The van der Waals surface area contributed by atoms with Crippen LogP contribution in [0.4, 0.5) is 0 Å². The van der Waals surface area contributed by atoms with Crippen molar-refractivity contribution in [3.63, 3.8) is 0 Å². The van der Waals surface area contributed by atoms with Gasteiger partial charge in [0.2, 0.25) is 0 Å². The van der Waals surface area contributed by atoms with Gasteiger partial charge in [0.15, 0.2) is 0 Å². The van der Waals surface area contributed by atoms with Gasteiger partial charge in [0.25, 0.3) is 0 Å². The lowest BCUT2D eigenvalue weighted by Gasteiger charge is -2.01. The predicted octanol–water partition coefficient (Wildman–Crippen LogP) is 4.19. The Hall–Kier alpha value is -1.93. The van der Waals surface area contributed by atoms with Crippen LogP contribution in [0.1, 0.15) is 0 Å². The van der Waals surface area contributed by atoms with Crippen LogP contribution in [0, 0.1) is 0 Å². The Morgan fingerprint density at radius 2 is 1.65 bits per heavy atom. The molecule has 0 bridgehead atoms. The number of aromatic hydroxyl groups is 1. The van der Waals surface area contributed by atoms with E-state index < -0.39 is 0 Å². The summed E-state index contributed by atoms with van der Waals surface area (Å²) in [4.78, 5) is 3.19. The molecular weight excluding hydrogens is 234 g/mol. The van der Waals surface area contributed by atoms with Crippen molar-refractivity contribution in [3.05, 3.63) is 53.6 Å². The van der Waals surface area contributed by atoms with E-state index in [0.29, 0.717) is 10.7 Å². The normalized spacial score (nSPS) is 10.9. The number of fused-ring (bicyclic) bond motifs is 1. The van der Waals surface area contributed by atoms with Crippen molar-refractivity contribution in [2.75, 3.05) is 0 Å². The maximum Gasteiger partial charge on any atom is 0.148 e. The number of para-hydroxylation sites is 1. The molecule has 3 heteroatoms. The smallest absolute Gasteiger partial charge is 0.148 e. The highest BCUT2D eigenvalue weighted by atomic mass is 35.5. The minimum atomic E-state index is 0.244. The molecule has 1 aromatic heterocycles. The van der Waals surface area contributed by atoms with Crippen molar-refractivity contribution in [2.45, 2.75) is 0 Å². The number of H-pyrrole nitrogens is 1. The molecule has 2 N–H and O–H groups in total. The Morgan fingerprint density at radius 3 is 2.41 bits per heavy atom. The fourth-order valence-corrected chi connectivity index (χ4v) is 2.22. The summed E-state index contributed by atoms with van der Waals surface area (Å²) in [7, 11) is 0. The van der Waals surface area contributed by atoms with E-state index in [2.05, 4.69) is 4.98 Å². The summed E-state index contributed by atoms with van der Waals surface area (Å²) in [6, 6.07) is 15.1. The molecule has 0 aliphatic heterocycles. The summed E-state index contributed by atoms with van der Waals surface area (Å²) in [5, 5.41) is 11.6. The van der Waals surface area contributed by atoms with Gasteiger partial charge in [-0.05, 0) is 18.2 Å². The molecule has 0 radical (unpaired) electrons. The largest absolute Gasteiger partial charge is 0.505 e. The molecule has 0 spiro atoms. The van der Waals surface area contributed by atoms with Crippen molar-refractivity contribution in [1.29, 1.82) is 0 Å². The number of benzene rings is 2. The Balaban J connectivity index is 2.32. The zero-order valence-electron chi connectivity index (χ0n) is 8.94. The van der Waals surface area contributed by atoms with Crippen LogP contribution in [0.3, 0.4) is 0 Å². The maximum atomic E-state index is 10.2. The monoisotopic (exact) mass is 243 g/mol. The van der Waals surface area contributed by atoms with Crippen molar-refractivity contribution in [1.82, 2.24) is 4.98 Å².